The molecule has 0 radical (unpaired) electrons. The van der Waals surface area contributed by atoms with Gasteiger partial charge in [-0.3, -0.25) is 4.79 Å². The zero-order valence-corrected chi connectivity index (χ0v) is 15.1. The van der Waals surface area contributed by atoms with Gasteiger partial charge in [0.15, 0.2) is 0 Å². The minimum absolute atomic E-state index is 0.0530. The molecule has 1 rings (SSSR count). The first-order chi connectivity index (χ1) is 11.5. The molecule has 0 aliphatic carbocycles. The number of benzene rings is 1. The lowest BCUT2D eigenvalue weighted by Crippen LogP contribution is -2.39. The van der Waals surface area contributed by atoms with E-state index in [-0.39, 0.29) is 24.1 Å². The summed E-state index contributed by atoms with van der Waals surface area (Å²) in [4.78, 5) is 23.5. The number of aryl methyl sites for hydroxylation is 1. The number of rotatable bonds is 10. The number of esters is 2. The molecule has 0 aliphatic heterocycles. The molecular weight excluding hydrogens is 306 g/mol. The van der Waals surface area contributed by atoms with Crippen molar-refractivity contribution in [2.45, 2.75) is 59.1 Å². The fraction of sp³-hybridized carbons (Fsp3) is 0.579. The van der Waals surface area contributed by atoms with Crippen molar-refractivity contribution in [3.8, 4) is 0 Å². The maximum atomic E-state index is 12.2. The number of carbonyl (C=O) groups excluding carboxylic acids is 2. The summed E-state index contributed by atoms with van der Waals surface area (Å²) in [6, 6.07) is 7.48. The predicted octanol–water partition coefficient (Wildman–Crippen LogP) is 3.12. The van der Waals surface area contributed by atoms with Crippen molar-refractivity contribution in [3.63, 3.8) is 0 Å². The Bertz CT molecular complexity index is 513. The third kappa shape index (κ3) is 7.13. The topological polar surface area (TPSA) is 64.6 Å². The lowest BCUT2D eigenvalue weighted by atomic mass is 10.1. The van der Waals surface area contributed by atoms with Crippen LogP contribution >= 0.6 is 0 Å². The zero-order chi connectivity index (χ0) is 17.9. The van der Waals surface area contributed by atoms with Crippen molar-refractivity contribution < 1.29 is 19.1 Å². The number of hydrogen-bond acceptors (Lipinski definition) is 5. The summed E-state index contributed by atoms with van der Waals surface area (Å²) >= 11 is 0. The van der Waals surface area contributed by atoms with Gasteiger partial charge in [-0.15, -0.1) is 0 Å². The SMILES string of the molecule is CCCc1ccc(C(=O)OC(C)C(C)NCCC(=O)OCC)cc1. The quantitative estimate of drug-likeness (QED) is 0.666. The van der Waals surface area contributed by atoms with Crippen LogP contribution in [0.1, 0.15) is 56.5 Å². The molecule has 5 heteroatoms. The van der Waals surface area contributed by atoms with Crippen LogP contribution in [0.15, 0.2) is 24.3 Å². The zero-order valence-electron chi connectivity index (χ0n) is 15.1. The number of hydrogen-bond donors (Lipinski definition) is 1. The average molecular weight is 335 g/mol. The third-order valence-electron chi connectivity index (χ3n) is 3.83. The van der Waals surface area contributed by atoms with E-state index in [0.717, 1.165) is 12.8 Å². The second kappa shape index (κ2) is 10.8. The Balaban J connectivity index is 2.40. The molecule has 0 saturated carbocycles. The fourth-order valence-corrected chi connectivity index (χ4v) is 2.24. The van der Waals surface area contributed by atoms with Gasteiger partial charge in [0.2, 0.25) is 0 Å². The van der Waals surface area contributed by atoms with E-state index >= 15 is 0 Å². The smallest absolute Gasteiger partial charge is 0.338 e. The highest BCUT2D eigenvalue weighted by atomic mass is 16.5. The first-order valence-electron chi connectivity index (χ1n) is 8.66. The van der Waals surface area contributed by atoms with Gasteiger partial charge in [0.1, 0.15) is 6.10 Å². The Morgan fingerprint density at radius 3 is 2.38 bits per heavy atom. The summed E-state index contributed by atoms with van der Waals surface area (Å²) in [5, 5.41) is 3.18. The fourth-order valence-electron chi connectivity index (χ4n) is 2.24. The van der Waals surface area contributed by atoms with Gasteiger partial charge in [-0.2, -0.15) is 0 Å². The Morgan fingerprint density at radius 2 is 1.79 bits per heavy atom. The molecule has 134 valence electrons. The first kappa shape index (κ1) is 20.2. The Hall–Kier alpha value is -1.88. The molecule has 1 aromatic rings. The minimum Gasteiger partial charge on any atom is -0.466 e. The van der Waals surface area contributed by atoms with E-state index in [0.29, 0.717) is 25.1 Å². The van der Waals surface area contributed by atoms with Crippen LogP contribution in [-0.4, -0.2) is 37.2 Å². The Kier molecular flexibility index (Phi) is 9.08. The van der Waals surface area contributed by atoms with E-state index in [1.807, 2.05) is 26.0 Å². The van der Waals surface area contributed by atoms with Gasteiger partial charge < -0.3 is 14.8 Å². The van der Waals surface area contributed by atoms with Gasteiger partial charge in [-0.1, -0.05) is 25.5 Å². The van der Waals surface area contributed by atoms with Crippen LogP contribution in [0.3, 0.4) is 0 Å². The molecule has 5 nitrogen and oxygen atoms in total. The second-order valence-corrected chi connectivity index (χ2v) is 5.86. The lowest BCUT2D eigenvalue weighted by Gasteiger charge is -2.21. The van der Waals surface area contributed by atoms with E-state index in [1.54, 1.807) is 19.1 Å². The molecule has 0 heterocycles. The normalized spacial score (nSPS) is 13.2. The van der Waals surface area contributed by atoms with Crippen molar-refractivity contribution in [1.29, 1.82) is 0 Å². The molecule has 0 fully saturated rings. The highest BCUT2D eigenvalue weighted by molar-refractivity contribution is 5.89. The van der Waals surface area contributed by atoms with Gasteiger partial charge in [0.25, 0.3) is 0 Å². The number of nitrogens with one attached hydrogen (secondary N) is 1. The molecular formula is C19H29NO4. The number of carbonyl (C=O) groups is 2. The largest absolute Gasteiger partial charge is 0.466 e. The summed E-state index contributed by atoms with van der Waals surface area (Å²) in [5.74, 6) is -0.557. The summed E-state index contributed by atoms with van der Waals surface area (Å²) in [7, 11) is 0. The maximum Gasteiger partial charge on any atom is 0.338 e. The highest BCUT2D eigenvalue weighted by Crippen LogP contribution is 2.10. The first-order valence-corrected chi connectivity index (χ1v) is 8.66. The Labute approximate surface area is 144 Å². The highest BCUT2D eigenvalue weighted by Gasteiger charge is 2.18. The standard InChI is InChI=1S/C19H29NO4/c1-5-7-16-8-10-17(11-9-16)19(22)24-15(4)14(3)20-13-12-18(21)23-6-2/h8-11,14-15,20H,5-7,12-13H2,1-4H3. The van der Waals surface area contributed by atoms with Crippen LogP contribution in [0.4, 0.5) is 0 Å². The molecule has 1 N–H and O–H groups in total. The molecule has 24 heavy (non-hydrogen) atoms. The van der Waals surface area contributed by atoms with Gasteiger partial charge in [-0.25, -0.2) is 4.79 Å². The maximum absolute atomic E-state index is 12.2. The van der Waals surface area contributed by atoms with Gasteiger partial charge in [-0.05, 0) is 44.9 Å². The molecule has 1 aromatic carbocycles. The number of ether oxygens (including phenoxy) is 2. The van der Waals surface area contributed by atoms with Crippen LogP contribution in [0.25, 0.3) is 0 Å². The van der Waals surface area contributed by atoms with Crippen LogP contribution in [-0.2, 0) is 20.7 Å². The van der Waals surface area contributed by atoms with Crippen molar-refractivity contribution in [1.82, 2.24) is 5.32 Å². The van der Waals surface area contributed by atoms with Gasteiger partial charge >= 0.3 is 11.9 Å². The lowest BCUT2D eigenvalue weighted by molar-refractivity contribution is -0.143. The van der Waals surface area contributed by atoms with E-state index in [1.165, 1.54) is 5.56 Å². The predicted molar refractivity (Wildman–Crippen MR) is 94.0 cm³/mol. The van der Waals surface area contributed by atoms with Crippen LogP contribution in [0.2, 0.25) is 0 Å². The van der Waals surface area contributed by atoms with Crippen molar-refractivity contribution in [2.24, 2.45) is 0 Å². The third-order valence-corrected chi connectivity index (χ3v) is 3.83. The summed E-state index contributed by atoms with van der Waals surface area (Å²) < 4.78 is 10.4. The van der Waals surface area contributed by atoms with E-state index < -0.39 is 0 Å². The average Bonchev–Trinajstić information content (AvgIpc) is 2.55. The molecule has 0 aliphatic rings. The van der Waals surface area contributed by atoms with Crippen LogP contribution in [0.5, 0.6) is 0 Å². The van der Waals surface area contributed by atoms with E-state index in [2.05, 4.69) is 12.2 Å². The summed E-state index contributed by atoms with van der Waals surface area (Å²) in [6.45, 7) is 8.55. The molecule has 0 bridgehead atoms. The molecule has 0 spiro atoms. The molecule has 2 unspecified atom stereocenters. The van der Waals surface area contributed by atoms with Crippen molar-refractivity contribution in [2.75, 3.05) is 13.2 Å². The summed E-state index contributed by atoms with van der Waals surface area (Å²) in [6.07, 6.45) is 2.09. The minimum atomic E-state index is -0.329. The Morgan fingerprint density at radius 1 is 1.12 bits per heavy atom. The van der Waals surface area contributed by atoms with Crippen LogP contribution in [0, 0.1) is 0 Å². The molecule has 0 saturated heterocycles. The van der Waals surface area contributed by atoms with Gasteiger partial charge in [0.05, 0.1) is 18.6 Å². The van der Waals surface area contributed by atoms with E-state index in [4.69, 9.17) is 9.47 Å². The monoisotopic (exact) mass is 335 g/mol. The van der Waals surface area contributed by atoms with Gasteiger partial charge in [0, 0.05) is 12.6 Å². The van der Waals surface area contributed by atoms with Crippen LogP contribution < -0.4 is 5.32 Å². The summed E-state index contributed by atoms with van der Waals surface area (Å²) in [5.41, 5.74) is 1.77. The van der Waals surface area contributed by atoms with E-state index in [9.17, 15) is 9.59 Å². The second-order valence-electron chi connectivity index (χ2n) is 5.86. The molecule has 2 atom stereocenters. The molecule has 0 aromatic heterocycles. The van der Waals surface area contributed by atoms with Crippen molar-refractivity contribution >= 4 is 11.9 Å². The molecule has 0 amide bonds. The van der Waals surface area contributed by atoms with Crippen molar-refractivity contribution in [3.05, 3.63) is 35.4 Å².